The Labute approximate surface area is 163 Å². The zero-order chi connectivity index (χ0) is 20.4. The van der Waals surface area contributed by atoms with Crippen molar-refractivity contribution in [3.05, 3.63) is 83.7 Å². The molecule has 29 heavy (non-hydrogen) atoms. The second-order valence-electron chi connectivity index (χ2n) is 6.32. The highest BCUT2D eigenvalue weighted by Crippen LogP contribution is 2.31. The van der Waals surface area contributed by atoms with Crippen LogP contribution in [-0.2, 0) is 12.7 Å². The van der Waals surface area contributed by atoms with E-state index in [0.29, 0.717) is 28.8 Å². The molecule has 146 valence electrons. The zero-order valence-electron chi connectivity index (χ0n) is 14.9. The molecular formula is C21H14F3N3O2. The molecule has 0 bridgehead atoms. The summed E-state index contributed by atoms with van der Waals surface area (Å²) in [5.74, 6) is -0.100. The topological polar surface area (TPSA) is 68.0 Å². The Hall–Kier alpha value is -3.68. The first-order valence-corrected chi connectivity index (χ1v) is 8.65. The van der Waals surface area contributed by atoms with Gasteiger partial charge in [0.2, 0.25) is 5.89 Å². The number of amides is 1. The predicted octanol–water partition coefficient (Wildman–Crippen LogP) is 4.84. The Morgan fingerprint density at radius 2 is 1.86 bits per heavy atom. The largest absolute Gasteiger partial charge is 0.436 e. The number of pyridine rings is 1. The van der Waals surface area contributed by atoms with Gasteiger partial charge >= 0.3 is 6.18 Å². The van der Waals surface area contributed by atoms with Crippen LogP contribution in [0.25, 0.3) is 22.6 Å². The van der Waals surface area contributed by atoms with Gasteiger partial charge in [-0.2, -0.15) is 13.2 Å². The van der Waals surface area contributed by atoms with Gasteiger partial charge in [-0.05, 0) is 54.1 Å². The van der Waals surface area contributed by atoms with Gasteiger partial charge in [0.1, 0.15) is 5.52 Å². The van der Waals surface area contributed by atoms with Crippen LogP contribution >= 0.6 is 0 Å². The molecule has 0 aliphatic heterocycles. The van der Waals surface area contributed by atoms with Crippen LogP contribution in [0, 0.1) is 0 Å². The van der Waals surface area contributed by atoms with E-state index in [2.05, 4.69) is 15.3 Å². The molecule has 0 radical (unpaired) electrons. The van der Waals surface area contributed by atoms with Gasteiger partial charge in [-0.1, -0.05) is 6.07 Å². The zero-order valence-corrected chi connectivity index (χ0v) is 14.9. The molecule has 0 spiro atoms. The molecule has 4 aromatic rings. The monoisotopic (exact) mass is 397 g/mol. The van der Waals surface area contributed by atoms with Crippen LogP contribution in [-0.4, -0.2) is 15.9 Å². The van der Waals surface area contributed by atoms with Crippen molar-refractivity contribution >= 4 is 17.0 Å². The molecule has 0 aliphatic carbocycles. The summed E-state index contributed by atoms with van der Waals surface area (Å²) in [5, 5.41) is 2.79. The fraction of sp³-hybridized carbons (Fsp3) is 0.0952. The fourth-order valence-electron chi connectivity index (χ4n) is 2.78. The molecule has 0 aliphatic rings. The lowest BCUT2D eigenvalue weighted by atomic mass is 10.1. The summed E-state index contributed by atoms with van der Waals surface area (Å²) >= 11 is 0. The van der Waals surface area contributed by atoms with Crippen molar-refractivity contribution in [3.8, 4) is 11.5 Å². The van der Waals surface area contributed by atoms with E-state index in [9.17, 15) is 18.0 Å². The lowest BCUT2D eigenvalue weighted by Crippen LogP contribution is -2.22. The van der Waals surface area contributed by atoms with Crippen LogP contribution in [0.5, 0.6) is 0 Å². The number of nitrogens with one attached hydrogen (secondary N) is 1. The number of oxazole rings is 1. The highest BCUT2D eigenvalue weighted by Gasteiger charge is 2.30. The molecule has 5 nitrogen and oxygen atoms in total. The molecule has 0 saturated carbocycles. The van der Waals surface area contributed by atoms with E-state index in [1.54, 1.807) is 36.7 Å². The van der Waals surface area contributed by atoms with E-state index in [1.165, 1.54) is 12.1 Å². The maximum Gasteiger partial charge on any atom is 0.416 e. The third-order valence-electron chi connectivity index (χ3n) is 4.28. The summed E-state index contributed by atoms with van der Waals surface area (Å²) in [6, 6.07) is 13.0. The Kier molecular flexibility index (Phi) is 4.75. The van der Waals surface area contributed by atoms with Gasteiger partial charge < -0.3 is 9.73 Å². The van der Waals surface area contributed by atoms with E-state index >= 15 is 0 Å². The standard InChI is InChI=1S/C21H14F3N3O2/c22-21(23,24)16-6-3-14(4-7-16)20-27-17-10-15(5-8-18(17)29-20)19(28)26-12-13-2-1-9-25-11-13/h1-11H,12H2,(H,26,28). The summed E-state index contributed by atoms with van der Waals surface area (Å²) in [7, 11) is 0. The van der Waals surface area contributed by atoms with E-state index in [1.807, 2.05) is 6.07 Å². The second-order valence-corrected chi connectivity index (χ2v) is 6.32. The quantitative estimate of drug-likeness (QED) is 0.535. The highest BCUT2D eigenvalue weighted by atomic mass is 19.4. The minimum absolute atomic E-state index is 0.182. The molecule has 2 aromatic carbocycles. The van der Waals surface area contributed by atoms with Crippen molar-refractivity contribution in [1.82, 2.24) is 15.3 Å². The van der Waals surface area contributed by atoms with Crippen molar-refractivity contribution in [2.45, 2.75) is 12.7 Å². The third-order valence-corrected chi connectivity index (χ3v) is 4.28. The molecule has 0 fully saturated rings. The lowest BCUT2D eigenvalue weighted by molar-refractivity contribution is -0.137. The molecule has 0 saturated heterocycles. The number of hydrogen-bond donors (Lipinski definition) is 1. The average molecular weight is 397 g/mol. The van der Waals surface area contributed by atoms with Crippen molar-refractivity contribution in [3.63, 3.8) is 0 Å². The molecule has 2 heterocycles. The third kappa shape index (κ3) is 4.11. The number of benzene rings is 2. The normalized spacial score (nSPS) is 11.6. The molecular weight excluding hydrogens is 383 g/mol. The van der Waals surface area contributed by atoms with Crippen molar-refractivity contribution < 1.29 is 22.4 Å². The molecule has 1 amide bonds. The maximum absolute atomic E-state index is 12.7. The van der Waals surface area contributed by atoms with Crippen LogP contribution < -0.4 is 5.32 Å². The van der Waals surface area contributed by atoms with Crippen LogP contribution in [0.4, 0.5) is 13.2 Å². The predicted molar refractivity (Wildman–Crippen MR) is 99.9 cm³/mol. The van der Waals surface area contributed by atoms with Gasteiger partial charge in [-0.25, -0.2) is 4.98 Å². The van der Waals surface area contributed by atoms with E-state index in [4.69, 9.17) is 4.42 Å². The molecule has 1 N–H and O–H groups in total. The molecule has 4 rings (SSSR count). The minimum atomic E-state index is -4.40. The van der Waals surface area contributed by atoms with E-state index < -0.39 is 11.7 Å². The van der Waals surface area contributed by atoms with Crippen molar-refractivity contribution in [2.24, 2.45) is 0 Å². The molecule has 2 aromatic heterocycles. The van der Waals surface area contributed by atoms with Crippen molar-refractivity contribution in [2.75, 3.05) is 0 Å². The Morgan fingerprint density at radius 1 is 1.07 bits per heavy atom. The average Bonchev–Trinajstić information content (AvgIpc) is 3.15. The van der Waals surface area contributed by atoms with E-state index in [-0.39, 0.29) is 11.8 Å². The number of nitrogens with zero attached hydrogens (tertiary/aromatic N) is 2. The Morgan fingerprint density at radius 3 is 2.55 bits per heavy atom. The SMILES string of the molecule is O=C(NCc1cccnc1)c1ccc2oc(-c3ccc(C(F)(F)F)cc3)nc2c1. The fourth-order valence-corrected chi connectivity index (χ4v) is 2.78. The molecule has 8 heteroatoms. The number of alkyl halides is 3. The van der Waals surface area contributed by atoms with Crippen LogP contribution in [0.2, 0.25) is 0 Å². The number of carbonyl (C=O) groups is 1. The number of rotatable bonds is 4. The summed E-state index contributed by atoms with van der Waals surface area (Å²) in [5.41, 5.74) is 1.81. The second kappa shape index (κ2) is 7.38. The lowest BCUT2D eigenvalue weighted by Gasteiger charge is -2.05. The van der Waals surface area contributed by atoms with Crippen molar-refractivity contribution in [1.29, 1.82) is 0 Å². The maximum atomic E-state index is 12.7. The van der Waals surface area contributed by atoms with Gasteiger partial charge in [0.15, 0.2) is 5.58 Å². The molecule has 0 atom stereocenters. The molecule has 0 unspecified atom stereocenters. The summed E-state index contributed by atoms with van der Waals surface area (Å²) in [4.78, 5) is 20.7. The number of carbonyl (C=O) groups excluding carboxylic acids is 1. The summed E-state index contributed by atoms with van der Waals surface area (Å²) in [6.07, 6.45) is -1.09. The highest BCUT2D eigenvalue weighted by molar-refractivity contribution is 5.97. The number of halogens is 3. The van der Waals surface area contributed by atoms with Gasteiger partial charge in [-0.3, -0.25) is 9.78 Å². The van der Waals surface area contributed by atoms with Gasteiger partial charge in [0.05, 0.1) is 5.56 Å². The smallest absolute Gasteiger partial charge is 0.416 e. The first-order chi connectivity index (χ1) is 13.9. The van der Waals surface area contributed by atoms with Crippen LogP contribution in [0.15, 0.2) is 71.4 Å². The summed E-state index contributed by atoms with van der Waals surface area (Å²) < 4.78 is 43.7. The number of aromatic nitrogens is 2. The first-order valence-electron chi connectivity index (χ1n) is 8.65. The van der Waals surface area contributed by atoms with E-state index in [0.717, 1.165) is 17.7 Å². The van der Waals surface area contributed by atoms with Gasteiger partial charge in [-0.15, -0.1) is 0 Å². The number of hydrogen-bond acceptors (Lipinski definition) is 4. The summed E-state index contributed by atoms with van der Waals surface area (Å²) in [6.45, 7) is 0.334. The number of fused-ring (bicyclic) bond motifs is 1. The van der Waals surface area contributed by atoms with Crippen LogP contribution in [0.1, 0.15) is 21.5 Å². The van der Waals surface area contributed by atoms with Gasteiger partial charge in [0.25, 0.3) is 5.91 Å². The first kappa shape index (κ1) is 18.7. The minimum Gasteiger partial charge on any atom is -0.436 e. The van der Waals surface area contributed by atoms with Crippen LogP contribution in [0.3, 0.4) is 0 Å². The Balaban J connectivity index is 1.53. The Bertz CT molecular complexity index is 1150. The van der Waals surface area contributed by atoms with Gasteiger partial charge in [0, 0.05) is 30.1 Å².